The minimum atomic E-state index is -0.496. The van der Waals surface area contributed by atoms with Crippen molar-refractivity contribution in [2.75, 3.05) is 19.6 Å². The Balaban J connectivity index is 2.11. The highest BCUT2D eigenvalue weighted by atomic mass is 16.6. The quantitative estimate of drug-likeness (QED) is 0.747. The molecule has 2 aliphatic heterocycles. The number of hydrogen-bond acceptors (Lipinski definition) is 3. The molecule has 2 unspecified atom stereocenters. The standard InChI is InChI=1S/C16H28N2O3/c1-6-18-12(2)10-16(13(18)19)8-7-9-17(11-16)14(20)21-15(3,4)5/h12H,6-11H2,1-5H3. The Kier molecular flexibility index (Phi) is 4.22. The molecular formula is C16H28N2O3. The largest absolute Gasteiger partial charge is 0.444 e. The first-order valence-electron chi connectivity index (χ1n) is 7.97. The molecule has 2 saturated heterocycles. The van der Waals surface area contributed by atoms with E-state index in [2.05, 4.69) is 6.92 Å². The molecule has 0 aliphatic carbocycles. The second-order valence-corrected chi connectivity index (χ2v) is 7.43. The van der Waals surface area contributed by atoms with Crippen molar-refractivity contribution in [2.45, 2.75) is 65.5 Å². The molecule has 1 spiro atoms. The molecule has 2 aliphatic rings. The third-order valence-electron chi connectivity index (χ3n) is 4.50. The number of carbonyl (C=O) groups is 2. The van der Waals surface area contributed by atoms with Gasteiger partial charge in [0.15, 0.2) is 0 Å². The summed E-state index contributed by atoms with van der Waals surface area (Å²) in [5, 5.41) is 0. The molecule has 0 radical (unpaired) electrons. The molecular weight excluding hydrogens is 268 g/mol. The zero-order chi connectivity index (χ0) is 15.8. The number of amides is 2. The number of ether oxygens (including phenoxy) is 1. The summed E-state index contributed by atoms with van der Waals surface area (Å²) in [6.45, 7) is 11.6. The van der Waals surface area contributed by atoms with Crippen molar-refractivity contribution in [2.24, 2.45) is 5.41 Å². The molecule has 0 aromatic heterocycles. The highest BCUT2D eigenvalue weighted by Gasteiger charge is 2.52. The Morgan fingerprint density at radius 2 is 2.10 bits per heavy atom. The summed E-state index contributed by atoms with van der Waals surface area (Å²) in [5.41, 5.74) is -0.880. The third-order valence-corrected chi connectivity index (χ3v) is 4.50. The molecule has 2 amide bonds. The molecule has 0 aromatic rings. The van der Waals surface area contributed by atoms with Crippen LogP contribution in [0.4, 0.5) is 4.79 Å². The van der Waals surface area contributed by atoms with Gasteiger partial charge in [0, 0.05) is 25.7 Å². The van der Waals surface area contributed by atoms with Gasteiger partial charge < -0.3 is 14.5 Å². The molecule has 2 rings (SSSR count). The van der Waals surface area contributed by atoms with Gasteiger partial charge in [0.2, 0.25) is 5.91 Å². The Morgan fingerprint density at radius 1 is 1.43 bits per heavy atom. The second kappa shape index (κ2) is 5.50. The monoisotopic (exact) mass is 296 g/mol. The van der Waals surface area contributed by atoms with Gasteiger partial charge >= 0.3 is 6.09 Å². The van der Waals surface area contributed by atoms with Gasteiger partial charge in [-0.2, -0.15) is 0 Å². The first-order chi connectivity index (χ1) is 9.68. The van der Waals surface area contributed by atoms with Crippen LogP contribution in [-0.4, -0.2) is 53.1 Å². The van der Waals surface area contributed by atoms with Crippen molar-refractivity contribution >= 4 is 12.0 Å². The predicted octanol–water partition coefficient (Wildman–Crippen LogP) is 2.64. The summed E-state index contributed by atoms with van der Waals surface area (Å²) >= 11 is 0. The highest BCUT2D eigenvalue weighted by Crippen LogP contribution is 2.43. The highest BCUT2D eigenvalue weighted by molar-refractivity contribution is 5.86. The normalized spacial score (nSPS) is 30.1. The van der Waals surface area contributed by atoms with Crippen molar-refractivity contribution in [3.8, 4) is 0 Å². The van der Waals surface area contributed by atoms with Crippen molar-refractivity contribution in [3.05, 3.63) is 0 Å². The maximum atomic E-state index is 12.7. The number of nitrogens with zero attached hydrogens (tertiary/aromatic N) is 2. The van der Waals surface area contributed by atoms with Gasteiger partial charge in [-0.1, -0.05) is 0 Å². The van der Waals surface area contributed by atoms with E-state index in [4.69, 9.17) is 4.74 Å². The minimum Gasteiger partial charge on any atom is -0.444 e. The van der Waals surface area contributed by atoms with Gasteiger partial charge in [-0.05, 0) is 53.9 Å². The van der Waals surface area contributed by atoms with Crippen LogP contribution in [0.25, 0.3) is 0 Å². The average Bonchev–Trinajstić information content (AvgIpc) is 2.58. The van der Waals surface area contributed by atoms with E-state index in [1.165, 1.54) is 0 Å². The van der Waals surface area contributed by atoms with Gasteiger partial charge in [0.25, 0.3) is 0 Å². The predicted molar refractivity (Wildman–Crippen MR) is 80.9 cm³/mol. The van der Waals surface area contributed by atoms with Crippen molar-refractivity contribution in [1.29, 1.82) is 0 Å². The Morgan fingerprint density at radius 3 is 2.62 bits per heavy atom. The molecule has 2 heterocycles. The SMILES string of the molecule is CCN1C(=O)C2(CCCN(C(=O)OC(C)(C)C)C2)CC1C. The van der Waals surface area contributed by atoms with Gasteiger partial charge in [-0.25, -0.2) is 4.79 Å². The smallest absolute Gasteiger partial charge is 0.410 e. The topological polar surface area (TPSA) is 49.9 Å². The van der Waals surface area contributed by atoms with E-state index >= 15 is 0 Å². The number of rotatable bonds is 1. The van der Waals surface area contributed by atoms with Gasteiger partial charge in [-0.3, -0.25) is 4.79 Å². The van der Waals surface area contributed by atoms with Crippen LogP contribution in [0, 0.1) is 5.41 Å². The number of likely N-dealkylation sites (tertiary alicyclic amines) is 2. The summed E-state index contributed by atoms with van der Waals surface area (Å²) in [6.07, 6.45) is 2.30. The Hall–Kier alpha value is -1.26. The van der Waals surface area contributed by atoms with E-state index in [1.54, 1.807) is 4.90 Å². The number of hydrogen-bond donors (Lipinski definition) is 0. The molecule has 21 heavy (non-hydrogen) atoms. The zero-order valence-electron chi connectivity index (χ0n) is 13.9. The molecule has 2 fully saturated rings. The molecule has 0 saturated carbocycles. The van der Waals surface area contributed by atoms with Crippen LogP contribution >= 0.6 is 0 Å². The van der Waals surface area contributed by atoms with Crippen molar-refractivity contribution in [1.82, 2.24) is 9.80 Å². The van der Waals surface area contributed by atoms with E-state index in [9.17, 15) is 9.59 Å². The molecule has 120 valence electrons. The first kappa shape index (κ1) is 16.1. The summed E-state index contributed by atoms with van der Waals surface area (Å²) in [7, 11) is 0. The van der Waals surface area contributed by atoms with E-state index in [0.717, 1.165) is 25.8 Å². The lowest BCUT2D eigenvalue weighted by atomic mass is 9.77. The van der Waals surface area contributed by atoms with Crippen LogP contribution in [0.2, 0.25) is 0 Å². The van der Waals surface area contributed by atoms with E-state index < -0.39 is 5.60 Å². The molecule has 0 N–H and O–H groups in total. The van der Waals surface area contributed by atoms with Gasteiger partial charge in [0.05, 0.1) is 5.41 Å². The Bertz CT molecular complexity index is 430. The van der Waals surface area contributed by atoms with Crippen molar-refractivity contribution in [3.63, 3.8) is 0 Å². The molecule has 0 bridgehead atoms. The average molecular weight is 296 g/mol. The fraction of sp³-hybridized carbons (Fsp3) is 0.875. The zero-order valence-corrected chi connectivity index (χ0v) is 13.9. The number of piperidine rings is 1. The first-order valence-corrected chi connectivity index (χ1v) is 7.97. The van der Waals surface area contributed by atoms with E-state index in [-0.39, 0.29) is 23.5 Å². The van der Waals surface area contributed by atoms with Crippen LogP contribution in [-0.2, 0) is 9.53 Å². The lowest BCUT2D eigenvalue weighted by molar-refractivity contribution is -0.138. The van der Waals surface area contributed by atoms with Gasteiger partial charge in [-0.15, -0.1) is 0 Å². The molecule has 2 atom stereocenters. The maximum absolute atomic E-state index is 12.7. The number of carbonyl (C=O) groups excluding carboxylic acids is 2. The van der Waals surface area contributed by atoms with Crippen LogP contribution < -0.4 is 0 Å². The van der Waals surface area contributed by atoms with Crippen LogP contribution in [0.1, 0.15) is 53.9 Å². The third kappa shape index (κ3) is 3.16. The second-order valence-electron chi connectivity index (χ2n) is 7.43. The lowest BCUT2D eigenvalue weighted by Crippen LogP contribution is -2.50. The van der Waals surface area contributed by atoms with Crippen LogP contribution in [0.15, 0.2) is 0 Å². The minimum absolute atomic E-state index is 0.214. The van der Waals surface area contributed by atoms with E-state index in [0.29, 0.717) is 13.1 Å². The van der Waals surface area contributed by atoms with Crippen LogP contribution in [0.5, 0.6) is 0 Å². The summed E-state index contributed by atoms with van der Waals surface area (Å²) in [6, 6.07) is 0.265. The molecule has 0 aromatic carbocycles. The lowest BCUT2D eigenvalue weighted by Gasteiger charge is -2.39. The summed E-state index contributed by atoms with van der Waals surface area (Å²) in [5.74, 6) is 0.214. The fourth-order valence-corrected chi connectivity index (χ4v) is 3.68. The molecule has 5 nitrogen and oxygen atoms in total. The van der Waals surface area contributed by atoms with Crippen LogP contribution in [0.3, 0.4) is 0 Å². The van der Waals surface area contributed by atoms with Gasteiger partial charge in [0.1, 0.15) is 5.60 Å². The summed E-state index contributed by atoms with van der Waals surface area (Å²) < 4.78 is 5.46. The fourth-order valence-electron chi connectivity index (χ4n) is 3.68. The Labute approximate surface area is 127 Å². The molecule has 5 heteroatoms. The van der Waals surface area contributed by atoms with E-state index in [1.807, 2.05) is 32.6 Å². The summed E-state index contributed by atoms with van der Waals surface area (Å²) in [4.78, 5) is 28.7. The maximum Gasteiger partial charge on any atom is 0.410 e. The van der Waals surface area contributed by atoms with Crippen molar-refractivity contribution < 1.29 is 14.3 Å².